The predicted octanol–water partition coefficient (Wildman–Crippen LogP) is 3.81. The molecule has 1 aliphatic rings. The second-order valence-corrected chi connectivity index (χ2v) is 5.93. The topological polar surface area (TPSA) is 48.1 Å². The number of ether oxygens (including phenoxy) is 1. The first-order valence-corrected chi connectivity index (χ1v) is 7.48. The van der Waals surface area contributed by atoms with Crippen LogP contribution in [-0.2, 0) is 10.3 Å². The summed E-state index contributed by atoms with van der Waals surface area (Å²) in [5.74, 6) is 0. The maximum atomic E-state index is 5.83. The van der Waals surface area contributed by atoms with Crippen molar-refractivity contribution in [3.05, 3.63) is 34.7 Å². The highest BCUT2D eigenvalue weighted by Crippen LogP contribution is 2.43. The first-order chi connectivity index (χ1) is 9.23. The van der Waals surface area contributed by atoms with E-state index in [-0.39, 0.29) is 5.60 Å². The summed E-state index contributed by atoms with van der Waals surface area (Å²) in [5, 5.41) is 3.20. The van der Waals surface area contributed by atoms with Crippen molar-refractivity contribution in [3.63, 3.8) is 0 Å². The van der Waals surface area contributed by atoms with Crippen molar-refractivity contribution >= 4 is 17.0 Å². The zero-order chi connectivity index (χ0) is 13.3. The molecule has 2 N–H and O–H groups in total. The molecule has 1 saturated carbocycles. The Bertz CT molecular complexity index is 573. The van der Waals surface area contributed by atoms with Crippen LogP contribution in [-0.4, -0.2) is 12.1 Å². The van der Waals surface area contributed by atoms with Gasteiger partial charge in [0.15, 0.2) is 0 Å². The number of nitrogens with two attached hydrogens (primary N) is 1. The smallest absolute Gasteiger partial charge is 0.125 e. The summed E-state index contributed by atoms with van der Waals surface area (Å²) < 4.78 is 5.78. The second-order valence-electron chi connectivity index (χ2n) is 5.07. The summed E-state index contributed by atoms with van der Waals surface area (Å²) in [4.78, 5) is 4.78. The molecule has 3 rings (SSSR count). The van der Waals surface area contributed by atoms with Crippen molar-refractivity contribution in [1.29, 1.82) is 0 Å². The van der Waals surface area contributed by atoms with Crippen LogP contribution < -0.4 is 5.73 Å². The van der Waals surface area contributed by atoms with E-state index >= 15 is 0 Å². The van der Waals surface area contributed by atoms with E-state index in [1.165, 1.54) is 12.8 Å². The molecule has 0 spiro atoms. The Balaban J connectivity index is 1.95. The lowest BCUT2D eigenvalue weighted by molar-refractivity contribution is -0.00879. The molecule has 0 aliphatic heterocycles. The fourth-order valence-electron chi connectivity index (χ4n) is 2.77. The normalized spacial score (nSPS) is 17.7. The monoisotopic (exact) mass is 274 g/mol. The van der Waals surface area contributed by atoms with E-state index in [4.69, 9.17) is 15.5 Å². The molecule has 1 heterocycles. The molecule has 100 valence electrons. The average molecular weight is 274 g/mol. The van der Waals surface area contributed by atoms with Crippen molar-refractivity contribution < 1.29 is 4.74 Å². The van der Waals surface area contributed by atoms with Crippen molar-refractivity contribution in [2.75, 3.05) is 12.8 Å². The molecule has 0 bridgehead atoms. The van der Waals surface area contributed by atoms with Gasteiger partial charge in [-0.1, -0.05) is 25.0 Å². The van der Waals surface area contributed by atoms with Gasteiger partial charge in [0.05, 0.1) is 5.69 Å². The van der Waals surface area contributed by atoms with Crippen LogP contribution in [0.2, 0.25) is 0 Å². The fraction of sp³-hybridized carbons (Fsp3) is 0.400. The summed E-state index contributed by atoms with van der Waals surface area (Å²) in [5.41, 5.74) is 8.52. The number of methoxy groups -OCH3 is 1. The highest BCUT2D eigenvalue weighted by atomic mass is 32.1. The Morgan fingerprint density at radius 1 is 1.32 bits per heavy atom. The Labute approximate surface area is 117 Å². The van der Waals surface area contributed by atoms with Gasteiger partial charge in [-0.3, -0.25) is 0 Å². The largest absolute Gasteiger partial charge is 0.399 e. The van der Waals surface area contributed by atoms with Crippen molar-refractivity contribution in [1.82, 2.24) is 4.98 Å². The second kappa shape index (κ2) is 4.94. The maximum absolute atomic E-state index is 5.83. The van der Waals surface area contributed by atoms with Crippen LogP contribution >= 0.6 is 11.3 Å². The first-order valence-electron chi connectivity index (χ1n) is 6.61. The van der Waals surface area contributed by atoms with Crippen LogP contribution in [0.1, 0.15) is 30.7 Å². The molecule has 0 unspecified atom stereocenters. The highest BCUT2D eigenvalue weighted by Gasteiger charge is 2.38. The van der Waals surface area contributed by atoms with Gasteiger partial charge in [0, 0.05) is 23.7 Å². The minimum atomic E-state index is -0.150. The number of thiazole rings is 1. The van der Waals surface area contributed by atoms with E-state index < -0.39 is 0 Å². The minimum Gasteiger partial charge on any atom is -0.399 e. The summed E-state index contributed by atoms with van der Waals surface area (Å²) in [6.45, 7) is 0. The Kier molecular flexibility index (Phi) is 3.29. The summed E-state index contributed by atoms with van der Waals surface area (Å²) in [6, 6.07) is 7.87. The van der Waals surface area contributed by atoms with Crippen LogP contribution in [0, 0.1) is 0 Å². The molecule has 3 nitrogen and oxygen atoms in total. The number of benzene rings is 1. The van der Waals surface area contributed by atoms with E-state index in [9.17, 15) is 0 Å². The van der Waals surface area contributed by atoms with E-state index in [1.807, 2.05) is 24.3 Å². The molecule has 0 radical (unpaired) electrons. The summed E-state index contributed by atoms with van der Waals surface area (Å²) >= 11 is 1.69. The number of hydrogen-bond donors (Lipinski definition) is 1. The maximum Gasteiger partial charge on any atom is 0.125 e. The zero-order valence-corrected chi connectivity index (χ0v) is 11.9. The molecule has 0 amide bonds. The van der Waals surface area contributed by atoms with Crippen LogP contribution in [0.3, 0.4) is 0 Å². The van der Waals surface area contributed by atoms with E-state index in [0.29, 0.717) is 0 Å². The van der Waals surface area contributed by atoms with E-state index in [2.05, 4.69) is 5.38 Å². The van der Waals surface area contributed by atoms with Crippen molar-refractivity contribution in [3.8, 4) is 11.3 Å². The summed E-state index contributed by atoms with van der Waals surface area (Å²) in [6.07, 6.45) is 4.60. The predicted molar refractivity (Wildman–Crippen MR) is 79.1 cm³/mol. The number of hydrogen-bond acceptors (Lipinski definition) is 4. The number of nitrogens with zero attached hydrogens (tertiary/aromatic N) is 1. The lowest BCUT2D eigenvalue weighted by Gasteiger charge is -2.24. The third-order valence-electron chi connectivity index (χ3n) is 3.88. The van der Waals surface area contributed by atoms with Crippen LogP contribution in [0.4, 0.5) is 5.69 Å². The van der Waals surface area contributed by atoms with Crippen LogP contribution in [0.5, 0.6) is 0 Å². The van der Waals surface area contributed by atoms with Gasteiger partial charge in [-0.25, -0.2) is 4.98 Å². The number of aromatic nitrogens is 1. The molecular weight excluding hydrogens is 256 g/mol. The van der Waals surface area contributed by atoms with Crippen molar-refractivity contribution in [2.24, 2.45) is 0 Å². The fourth-order valence-corrected chi connectivity index (χ4v) is 3.83. The number of rotatable bonds is 3. The number of anilines is 1. The molecule has 4 heteroatoms. The van der Waals surface area contributed by atoms with E-state index in [1.54, 1.807) is 18.4 Å². The minimum absolute atomic E-state index is 0.150. The van der Waals surface area contributed by atoms with E-state index in [0.717, 1.165) is 34.8 Å². The molecule has 2 aromatic rings. The number of nitrogen functional groups attached to an aromatic ring is 1. The highest BCUT2D eigenvalue weighted by molar-refractivity contribution is 7.10. The van der Waals surface area contributed by atoms with Crippen LogP contribution in [0.15, 0.2) is 29.6 Å². The quantitative estimate of drug-likeness (QED) is 0.866. The lowest BCUT2D eigenvalue weighted by Crippen LogP contribution is -2.24. The van der Waals surface area contributed by atoms with Gasteiger partial charge in [0.25, 0.3) is 0 Å². The standard InChI is InChI=1S/C15H18N2OS/c1-18-15(7-2-3-8-15)14-17-13(10-19-14)11-5-4-6-12(16)9-11/h4-6,9-10H,2-3,7-8,16H2,1H3. The van der Waals surface area contributed by atoms with Gasteiger partial charge in [-0.15, -0.1) is 11.3 Å². The molecule has 1 aromatic carbocycles. The van der Waals surface area contributed by atoms with Gasteiger partial charge in [0.2, 0.25) is 0 Å². The lowest BCUT2D eigenvalue weighted by atomic mass is 10.0. The van der Waals surface area contributed by atoms with Crippen LogP contribution in [0.25, 0.3) is 11.3 Å². The van der Waals surface area contributed by atoms with Gasteiger partial charge in [-0.2, -0.15) is 0 Å². The van der Waals surface area contributed by atoms with Gasteiger partial charge < -0.3 is 10.5 Å². The first kappa shape index (κ1) is 12.6. The summed E-state index contributed by atoms with van der Waals surface area (Å²) in [7, 11) is 1.80. The molecule has 0 atom stereocenters. The molecule has 1 fully saturated rings. The van der Waals surface area contributed by atoms with Gasteiger partial charge >= 0.3 is 0 Å². The third kappa shape index (κ3) is 2.26. The van der Waals surface area contributed by atoms with Gasteiger partial charge in [0.1, 0.15) is 10.6 Å². The zero-order valence-electron chi connectivity index (χ0n) is 11.1. The van der Waals surface area contributed by atoms with Crippen molar-refractivity contribution in [2.45, 2.75) is 31.3 Å². The molecule has 0 saturated heterocycles. The Morgan fingerprint density at radius 3 is 2.79 bits per heavy atom. The Morgan fingerprint density at radius 2 is 2.11 bits per heavy atom. The average Bonchev–Trinajstić information content (AvgIpc) is 3.08. The van der Waals surface area contributed by atoms with Gasteiger partial charge in [-0.05, 0) is 25.0 Å². The molecule has 1 aromatic heterocycles. The third-order valence-corrected chi connectivity index (χ3v) is 4.91. The Hall–Kier alpha value is -1.39. The SMILES string of the molecule is COC1(c2nc(-c3cccc(N)c3)cs2)CCCC1. The molecule has 1 aliphatic carbocycles. The molecule has 19 heavy (non-hydrogen) atoms. The molecular formula is C15H18N2OS.